The van der Waals surface area contributed by atoms with Gasteiger partial charge in [-0.3, -0.25) is 4.90 Å². The third-order valence-electron chi connectivity index (χ3n) is 5.20. The van der Waals surface area contributed by atoms with Crippen molar-refractivity contribution >= 4 is 28.9 Å². The van der Waals surface area contributed by atoms with Crippen molar-refractivity contribution in [2.24, 2.45) is 0 Å². The number of carbonyl (C=O) groups excluding carboxylic acids is 1. The number of rotatable bonds is 2. The number of aromatic nitrogens is 2. The van der Waals surface area contributed by atoms with Crippen molar-refractivity contribution < 1.29 is 13.9 Å². The van der Waals surface area contributed by atoms with Gasteiger partial charge in [-0.2, -0.15) is 5.10 Å². The molecule has 1 aromatic carbocycles. The third-order valence-corrected chi connectivity index (χ3v) is 5.48. The van der Waals surface area contributed by atoms with Crippen LogP contribution in [0.1, 0.15) is 51.4 Å². The molecule has 3 heterocycles. The van der Waals surface area contributed by atoms with Crippen LogP contribution in [0.15, 0.2) is 36.5 Å². The molecule has 0 aliphatic carbocycles. The van der Waals surface area contributed by atoms with Gasteiger partial charge in [0.2, 0.25) is 0 Å². The average molecular weight is 430 g/mol. The van der Waals surface area contributed by atoms with Crippen molar-refractivity contribution in [3.8, 4) is 0 Å². The van der Waals surface area contributed by atoms with Gasteiger partial charge in [0.05, 0.1) is 28.1 Å². The summed E-state index contributed by atoms with van der Waals surface area (Å²) in [5.74, 6) is -0.280. The first-order chi connectivity index (χ1) is 14.0. The van der Waals surface area contributed by atoms with Gasteiger partial charge in [-0.15, -0.1) is 0 Å². The van der Waals surface area contributed by atoms with Crippen LogP contribution in [0.5, 0.6) is 0 Å². The molecule has 0 atom stereocenters. The zero-order valence-electron chi connectivity index (χ0n) is 17.8. The smallest absolute Gasteiger partial charge is 0.414 e. The van der Waals surface area contributed by atoms with Crippen LogP contribution in [0.4, 0.5) is 14.9 Å². The van der Waals surface area contributed by atoms with Crippen molar-refractivity contribution in [2.45, 2.75) is 52.1 Å². The number of benzene rings is 1. The molecule has 0 saturated heterocycles. The largest absolute Gasteiger partial charge is 0.443 e. The van der Waals surface area contributed by atoms with Crippen LogP contribution in [0, 0.1) is 5.82 Å². The summed E-state index contributed by atoms with van der Waals surface area (Å²) in [5, 5.41) is 5.06. The van der Waals surface area contributed by atoms with Crippen molar-refractivity contribution in [2.75, 3.05) is 11.4 Å². The molecule has 0 N–H and O–H groups in total. The molecule has 0 saturated carbocycles. The summed E-state index contributed by atoms with van der Waals surface area (Å²) in [4.78, 5) is 14.6. The normalized spacial score (nSPS) is 15.5. The Balaban J connectivity index is 1.87. The molecule has 1 amide bonds. The van der Waals surface area contributed by atoms with E-state index in [0.717, 1.165) is 28.0 Å². The minimum absolute atomic E-state index is 0.280. The van der Waals surface area contributed by atoms with Gasteiger partial charge in [-0.05, 0) is 56.5 Å². The Hall–Kier alpha value is -2.60. The van der Waals surface area contributed by atoms with Crippen LogP contribution in [0.2, 0.25) is 5.02 Å². The highest BCUT2D eigenvalue weighted by Gasteiger charge is 2.42. The lowest BCUT2D eigenvalue weighted by Crippen LogP contribution is -2.38. The molecular weight excluding hydrogens is 405 g/mol. The fourth-order valence-corrected chi connectivity index (χ4v) is 4.27. The molecule has 30 heavy (non-hydrogen) atoms. The van der Waals surface area contributed by atoms with Crippen LogP contribution in [0.25, 0.3) is 5.52 Å². The summed E-state index contributed by atoms with van der Waals surface area (Å²) in [6.45, 7) is 10.2. The van der Waals surface area contributed by atoms with E-state index in [2.05, 4.69) is 18.9 Å². The quantitative estimate of drug-likeness (QED) is 0.521. The number of ether oxygens (including phenoxy) is 1. The van der Waals surface area contributed by atoms with Crippen LogP contribution in [0.3, 0.4) is 0 Å². The second-order valence-electron chi connectivity index (χ2n) is 9.41. The Morgan fingerprint density at radius 2 is 1.93 bits per heavy atom. The number of carbonyl (C=O) groups is 1. The summed E-state index contributed by atoms with van der Waals surface area (Å²) in [6.07, 6.45) is 1.77. The van der Waals surface area contributed by atoms with Crippen molar-refractivity contribution in [3.05, 3.63) is 64.2 Å². The van der Waals surface area contributed by atoms with Gasteiger partial charge in [-0.1, -0.05) is 37.6 Å². The lowest BCUT2D eigenvalue weighted by Gasteiger charge is -2.25. The van der Waals surface area contributed by atoms with Crippen molar-refractivity contribution in [3.63, 3.8) is 0 Å². The summed E-state index contributed by atoms with van der Waals surface area (Å²) in [7, 11) is 0. The number of hydrogen-bond donors (Lipinski definition) is 0. The predicted molar refractivity (Wildman–Crippen MR) is 116 cm³/mol. The molecule has 1 aliphatic rings. The SMILES string of the molecule is CC(C)(C)OC(=O)N1CC(C)(C)c2c1cc(Cc1ccc(F)cc1)c1c(Cl)cnn21. The lowest BCUT2D eigenvalue weighted by molar-refractivity contribution is 0.0579. The first-order valence-corrected chi connectivity index (χ1v) is 10.3. The first kappa shape index (κ1) is 20.7. The second-order valence-corrected chi connectivity index (χ2v) is 9.82. The van der Waals surface area contributed by atoms with E-state index in [0.29, 0.717) is 18.0 Å². The summed E-state index contributed by atoms with van der Waals surface area (Å²) in [6, 6.07) is 8.36. The Morgan fingerprint density at radius 3 is 2.57 bits per heavy atom. The standard InChI is InChI=1S/C23H25ClFN3O2/c1-22(2,3)30-21(29)27-13-23(4,5)20-18(27)11-15(19-17(24)12-26-28(19)20)10-14-6-8-16(25)9-7-14/h6-9,11-12H,10,13H2,1-5H3. The molecule has 3 aromatic rings. The van der Waals surface area contributed by atoms with Gasteiger partial charge in [0.25, 0.3) is 0 Å². The van der Waals surface area contributed by atoms with E-state index < -0.39 is 5.60 Å². The Labute approximate surface area is 180 Å². The van der Waals surface area contributed by atoms with Crippen LogP contribution >= 0.6 is 11.6 Å². The molecular formula is C23H25ClFN3O2. The molecule has 1 aliphatic heterocycles. The van der Waals surface area contributed by atoms with E-state index in [1.165, 1.54) is 12.1 Å². The Bertz CT molecular complexity index is 1130. The maximum atomic E-state index is 13.3. The monoisotopic (exact) mass is 429 g/mol. The molecule has 4 rings (SSSR count). The number of anilines is 1. The second kappa shape index (κ2) is 6.98. The highest BCUT2D eigenvalue weighted by Crippen LogP contribution is 2.43. The van der Waals surface area contributed by atoms with Crippen LogP contribution in [-0.2, 0) is 16.6 Å². The number of pyridine rings is 1. The highest BCUT2D eigenvalue weighted by atomic mass is 35.5. The van der Waals surface area contributed by atoms with E-state index in [4.69, 9.17) is 16.3 Å². The molecule has 7 heteroatoms. The van der Waals surface area contributed by atoms with Gasteiger partial charge in [0.1, 0.15) is 11.4 Å². The maximum Gasteiger partial charge on any atom is 0.414 e. The van der Waals surface area contributed by atoms with E-state index in [9.17, 15) is 9.18 Å². The van der Waals surface area contributed by atoms with Gasteiger partial charge in [0, 0.05) is 12.0 Å². The summed E-state index contributed by atoms with van der Waals surface area (Å²) < 4.78 is 20.8. The Kier molecular flexibility index (Phi) is 4.81. The minimum Gasteiger partial charge on any atom is -0.443 e. The zero-order valence-corrected chi connectivity index (χ0v) is 18.5. The molecule has 158 valence electrons. The molecule has 0 spiro atoms. The molecule has 0 fully saturated rings. The van der Waals surface area contributed by atoms with Crippen molar-refractivity contribution in [1.29, 1.82) is 0 Å². The van der Waals surface area contributed by atoms with E-state index in [-0.39, 0.29) is 17.3 Å². The van der Waals surface area contributed by atoms with Crippen molar-refractivity contribution in [1.82, 2.24) is 9.61 Å². The average Bonchev–Trinajstić information content (AvgIpc) is 3.13. The van der Waals surface area contributed by atoms with E-state index in [1.54, 1.807) is 23.2 Å². The van der Waals surface area contributed by atoms with Gasteiger partial charge < -0.3 is 4.74 Å². The number of halogens is 2. The fourth-order valence-electron chi connectivity index (χ4n) is 4.03. The molecule has 0 unspecified atom stereocenters. The summed E-state index contributed by atoms with van der Waals surface area (Å²) in [5.41, 5.74) is 3.40. The number of hydrogen-bond acceptors (Lipinski definition) is 3. The zero-order chi connectivity index (χ0) is 21.8. The maximum absolute atomic E-state index is 13.3. The third kappa shape index (κ3) is 3.65. The number of nitrogens with zero attached hydrogens (tertiary/aromatic N) is 3. The number of amides is 1. The molecule has 2 aromatic heterocycles. The molecule has 5 nitrogen and oxygen atoms in total. The predicted octanol–water partition coefficient (Wildman–Crippen LogP) is 5.75. The van der Waals surface area contributed by atoms with Gasteiger partial charge >= 0.3 is 6.09 Å². The first-order valence-electron chi connectivity index (χ1n) is 9.91. The highest BCUT2D eigenvalue weighted by molar-refractivity contribution is 6.34. The topological polar surface area (TPSA) is 46.8 Å². The van der Waals surface area contributed by atoms with Crippen LogP contribution in [-0.4, -0.2) is 27.9 Å². The van der Waals surface area contributed by atoms with Gasteiger partial charge in [-0.25, -0.2) is 13.7 Å². The lowest BCUT2D eigenvalue weighted by atomic mass is 9.90. The molecule has 0 bridgehead atoms. The van der Waals surface area contributed by atoms with Crippen LogP contribution < -0.4 is 4.90 Å². The minimum atomic E-state index is -0.597. The van der Waals surface area contributed by atoms with E-state index >= 15 is 0 Å². The molecule has 0 radical (unpaired) electrons. The van der Waals surface area contributed by atoms with Gasteiger partial charge in [0.15, 0.2) is 0 Å². The van der Waals surface area contributed by atoms with E-state index in [1.807, 2.05) is 31.4 Å². The Morgan fingerprint density at radius 1 is 1.27 bits per heavy atom. The summed E-state index contributed by atoms with van der Waals surface area (Å²) >= 11 is 6.50. The number of fused-ring (bicyclic) bond motifs is 3. The fraction of sp³-hybridized carbons (Fsp3) is 0.391.